The number of rotatable bonds is 10. The molecular weight excluding hydrogens is 549 g/mol. The third-order valence-electron chi connectivity index (χ3n) is 6.22. The van der Waals surface area contributed by atoms with E-state index in [0.717, 1.165) is 16.5 Å². The van der Waals surface area contributed by atoms with Crippen molar-refractivity contribution in [2.45, 2.75) is 44.1 Å². The Balaban J connectivity index is 1.53. The second-order valence-electron chi connectivity index (χ2n) is 9.14. The van der Waals surface area contributed by atoms with E-state index in [2.05, 4.69) is 14.8 Å². The van der Waals surface area contributed by atoms with Crippen LogP contribution in [-0.2, 0) is 29.8 Å². The van der Waals surface area contributed by atoms with E-state index in [9.17, 15) is 34.2 Å². The molecular formula is C25H30N3O11P. The van der Waals surface area contributed by atoms with Gasteiger partial charge in [-0.1, -0.05) is 12.1 Å². The van der Waals surface area contributed by atoms with Gasteiger partial charge in [-0.15, -0.1) is 0 Å². The first kappa shape index (κ1) is 29.5. The molecule has 1 aliphatic rings. The molecule has 0 radical (unpaired) electrons. The van der Waals surface area contributed by atoms with Gasteiger partial charge < -0.3 is 50.2 Å². The van der Waals surface area contributed by atoms with Crippen LogP contribution in [-0.4, -0.2) is 80.7 Å². The Morgan fingerprint density at radius 3 is 2.60 bits per heavy atom. The zero-order chi connectivity index (χ0) is 29.0. The highest BCUT2D eigenvalue weighted by molar-refractivity contribution is 7.46. The number of aliphatic hydroxyl groups is 2. The average molecular weight is 579 g/mol. The smallest absolute Gasteiger partial charge is 0.462 e. The van der Waals surface area contributed by atoms with Crippen molar-refractivity contribution in [3.63, 3.8) is 0 Å². The number of anilines is 1. The van der Waals surface area contributed by atoms with E-state index in [1.54, 1.807) is 36.5 Å². The van der Waals surface area contributed by atoms with Gasteiger partial charge >= 0.3 is 13.8 Å². The van der Waals surface area contributed by atoms with Crippen LogP contribution in [0.5, 0.6) is 5.75 Å². The molecule has 40 heavy (non-hydrogen) atoms. The molecule has 1 aliphatic heterocycles. The molecule has 216 valence electrons. The van der Waals surface area contributed by atoms with Crippen molar-refractivity contribution < 1.29 is 52.9 Å². The Bertz CT molecular complexity index is 1410. The van der Waals surface area contributed by atoms with Gasteiger partial charge in [0, 0.05) is 36.3 Å². The van der Waals surface area contributed by atoms with Gasteiger partial charge in [-0.3, -0.25) is 9.32 Å². The average Bonchev–Trinajstić information content (AvgIpc) is 3.29. The first-order chi connectivity index (χ1) is 18.9. The highest BCUT2D eigenvalue weighted by atomic mass is 31.2. The van der Waals surface area contributed by atoms with Crippen LogP contribution in [0.1, 0.15) is 22.8 Å². The summed E-state index contributed by atoms with van der Waals surface area (Å²) in [6, 6.07) is 11.1. The first-order valence-corrected chi connectivity index (χ1v) is 13.7. The third-order valence-corrected chi connectivity index (χ3v) is 6.74. The summed E-state index contributed by atoms with van der Waals surface area (Å²) < 4.78 is 32.9. The van der Waals surface area contributed by atoms with E-state index in [4.69, 9.17) is 19.9 Å². The summed E-state index contributed by atoms with van der Waals surface area (Å²) in [6.45, 7) is 1.25. The monoisotopic (exact) mass is 579 g/mol. The van der Waals surface area contributed by atoms with Crippen molar-refractivity contribution in [1.82, 2.24) is 10.3 Å². The molecule has 8 N–H and O–H groups in total. The SMILES string of the molecule is CC(=O)NCCc1c[nH]c2ccc(O[C@@H]3O[C@H](COC(=O)c4ccccc4N)[C@@H](O)[C@H](OP(=O)(O)O)[C@H]3O)cc12. The van der Waals surface area contributed by atoms with Crippen molar-refractivity contribution in [2.75, 3.05) is 18.9 Å². The van der Waals surface area contributed by atoms with Crippen LogP contribution in [0.3, 0.4) is 0 Å². The van der Waals surface area contributed by atoms with Crippen LogP contribution in [0.4, 0.5) is 5.69 Å². The number of hydrogen-bond acceptors (Lipinski definition) is 10. The number of phosphoric acid groups is 1. The lowest BCUT2D eigenvalue weighted by atomic mass is 9.99. The minimum Gasteiger partial charge on any atom is -0.462 e. The molecule has 2 heterocycles. The van der Waals surface area contributed by atoms with Crippen molar-refractivity contribution in [3.8, 4) is 5.75 Å². The molecule has 14 nitrogen and oxygen atoms in total. The maximum absolute atomic E-state index is 12.5. The van der Waals surface area contributed by atoms with Crippen LogP contribution in [0.15, 0.2) is 48.7 Å². The second kappa shape index (κ2) is 12.4. The molecule has 1 saturated heterocycles. The van der Waals surface area contributed by atoms with Gasteiger partial charge in [0.05, 0.1) is 5.56 Å². The number of ether oxygens (including phenoxy) is 3. The molecule has 0 bridgehead atoms. The van der Waals surface area contributed by atoms with E-state index in [0.29, 0.717) is 13.0 Å². The number of esters is 1. The van der Waals surface area contributed by atoms with Crippen molar-refractivity contribution >= 4 is 36.3 Å². The first-order valence-electron chi connectivity index (χ1n) is 12.2. The number of aromatic amines is 1. The van der Waals surface area contributed by atoms with E-state index >= 15 is 0 Å². The number of H-pyrrole nitrogens is 1. The minimum atomic E-state index is -5.18. The van der Waals surface area contributed by atoms with E-state index in [1.807, 2.05) is 0 Å². The minimum absolute atomic E-state index is 0.0674. The molecule has 0 unspecified atom stereocenters. The molecule has 2 aromatic carbocycles. The van der Waals surface area contributed by atoms with Gasteiger partial charge in [-0.25, -0.2) is 9.36 Å². The van der Waals surface area contributed by atoms with E-state index in [1.165, 1.54) is 19.1 Å². The number of para-hydroxylation sites is 1. The quantitative estimate of drug-likeness (QED) is 0.0996. The Morgan fingerprint density at radius 2 is 1.90 bits per heavy atom. The number of benzene rings is 2. The predicted octanol–water partition coefficient (Wildman–Crippen LogP) is 0.589. The fourth-order valence-corrected chi connectivity index (χ4v) is 4.85. The number of amides is 1. The lowest BCUT2D eigenvalue weighted by Crippen LogP contribution is -2.61. The molecule has 1 amide bonds. The maximum atomic E-state index is 12.5. The van der Waals surface area contributed by atoms with E-state index in [-0.39, 0.29) is 22.9 Å². The van der Waals surface area contributed by atoms with Gasteiger partial charge in [0.2, 0.25) is 12.2 Å². The zero-order valence-electron chi connectivity index (χ0n) is 21.3. The number of nitrogens with one attached hydrogen (secondary N) is 2. The fourth-order valence-electron chi connectivity index (χ4n) is 4.28. The lowest BCUT2D eigenvalue weighted by Gasteiger charge is -2.41. The molecule has 5 atom stereocenters. The number of carbonyl (C=O) groups excluding carboxylic acids is 2. The number of hydrogen-bond donors (Lipinski definition) is 7. The molecule has 15 heteroatoms. The number of phosphoric ester groups is 1. The normalized spacial score (nSPS) is 23.1. The summed E-state index contributed by atoms with van der Waals surface area (Å²) in [4.78, 5) is 45.5. The number of fused-ring (bicyclic) bond motifs is 1. The molecule has 1 aromatic heterocycles. The largest absolute Gasteiger partial charge is 0.470 e. The van der Waals surface area contributed by atoms with Crippen LogP contribution >= 0.6 is 7.82 Å². The highest BCUT2D eigenvalue weighted by Gasteiger charge is 2.49. The van der Waals surface area contributed by atoms with Gasteiger partial charge in [0.15, 0.2) is 0 Å². The second-order valence-corrected chi connectivity index (χ2v) is 10.3. The number of nitrogens with two attached hydrogens (primary N) is 1. The van der Waals surface area contributed by atoms with Gasteiger partial charge in [-0.05, 0) is 42.3 Å². The summed E-state index contributed by atoms with van der Waals surface area (Å²) >= 11 is 0. The molecule has 0 spiro atoms. The summed E-state index contributed by atoms with van der Waals surface area (Å²) in [5, 5.41) is 25.0. The van der Waals surface area contributed by atoms with Gasteiger partial charge in [0.25, 0.3) is 0 Å². The number of nitrogen functional groups attached to an aromatic ring is 1. The predicted molar refractivity (Wildman–Crippen MR) is 140 cm³/mol. The molecule has 4 rings (SSSR count). The van der Waals surface area contributed by atoms with Crippen molar-refractivity contribution in [3.05, 3.63) is 59.8 Å². The molecule has 1 fully saturated rings. The zero-order valence-corrected chi connectivity index (χ0v) is 22.2. The number of aromatic nitrogens is 1. The molecule has 0 aliphatic carbocycles. The summed E-state index contributed by atoms with van der Waals surface area (Å²) in [7, 11) is -5.18. The Kier molecular flexibility index (Phi) is 9.11. The van der Waals surface area contributed by atoms with Crippen LogP contribution in [0, 0.1) is 0 Å². The van der Waals surface area contributed by atoms with Gasteiger partial charge in [0.1, 0.15) is 36.8 Å². The summed E-state index contributed by atoms with van der Waals surface area (Å²) in [5.74, 6) is -0.764. The maximum Gasteiger partial charge on any atom is 0.470 e. The third kappa shape index (κ3) is 7.17. The highest BCUT2D eigenvalue weighted by Crippen LogP contribution is 2.41. The summed E-state index contributed by atoms with van der Waals surface area (Å²) in [5.41, 5.74) is 7.68. The Morgan fingerprint density at radius 1 is 1.15 bits per heavy atom. The van der Waals surface area contributed by atoms with E-state index < -0.39 is 51.1 Å². The Hall–Kier alpha value is -3.49. The fraction of sp³-hybridized carbons (Fsp3) is 0.360. The number of aliphatic hydroxyl groups excluding tert-OH is 2. The topological polar surface area (TPSA) is 223 Å². The standard InChI is InChI=1S/C25H30N3O11P/c1-13(29)27-9-8-14-11-28-19-7-6-15(10-17(14)19)37-25-22(31)23(39-40(33,34)35)21(30)20(38-25)12-36-24(32)16-4-2-3-5-18(16)26/h2-7,10-11,20-23,25,28,30-31H,8-9,12,26H2,1H3,(H,27,29)(H2,33,34,35)/t20-,21-,22-,23+,25-/m1/s1. The molecule has 0 saturated carbocycles. The number of carbonyl (C=O) groups is 2. The Labute approximate surface area is 228 Å². The van der Waals surface area contributed by atoms with Gasteiger partial charge in [-0.2, -0.15) is 0 Å². The van der Waals surface area contributed by atoms with Crippen molar-refractivity contribution in [1.29, 1.82) is 0 Å². The van der Waals surface area contributed by atoms with Crippen molar-refractivity contribution in [2.24, 2.45) is 0 Å². The van der Waals surface area contributed by atoms with Crippen LogP contribution < -0.4 is 15.8 Å². The van der Waals surface area contributed by atoms with Crippen LogP contribution in [0.25, 0.3) is 10.9 Å². The lowest BCUT2D eigenvalue weighted by molar-refractivity contribution is -0.274. The molecule has 3 aromatic rings. The summed E-state index contributed by atoms with van der Waals surface area (Å²) in [6.07, 6.45) is -6.18. The van der Waals surface area contributed by atoms with Crippen LogP contribution in [0.2, 0.25) is 0 Å².